The number of carbonyl (C=O) groups is 1. The average Bonchev–Trinajstić information content (AvgIpc) is 3.49. The standard InChI is InChI=1S/C25H35NO3/c1-16(2)20-12-18-8-9-22-24(3,10-5-11-25(22,4)23(27)28)21(18)13-19(20)14-26-29-15-17-6-7-17/h12-14,16-17,22H,5-11,15H2,1-4H3,(H,27,28)/b26-14+/t22?,24-,25?/m1/s1. The number of carboxylic acid groups (broad SMARTS) is 1. The number of fused-ring (bicyclic) bond motifs is 3. The number of benzene rings is 1. The van der Waals surface area contributed by atoms with E-state index >= 15 is 0 Å². The van der Waals surface area contributed by atoms with Gasteiger partial charge in [0.2, 0.25) is 0 Å². The molecular formula is C25H35NO3. The first-order chi connectivity index (χ1) is 13.8. The van der Waals surface area contributed by atoms with E-state index in [1.165, 1.54) is 29.5 Å². The maximum absolute atomic E-state index is 12.2. The summed E-state index contributed by atoms with van der Waals surface area (Å²) in [4.78, 5) is 17.7. The van der Waals surface area contributed by atoms with Crippen LogP contribution in [0.1, 0.15) is 94.4 Å². The number of aryl methyl sites for hydroxylation is 1. The third-order valence-corrected chi connectivity index (χ3v) is 7.94. The van der Waals surface area contributed by atoms with Crippen LogP contribution in [0.3, 0.4) is 0 Å². The van der Waals surface area contributed by atoms with Gasteiger partial charge in [0.1, 0.15) is 6.61 Å². The molecule has 29 heavy (non-hydrogen) atoms. The molecule has 4 rings (SSSR count). The van der Waals surface area contributed by atoms with Crippen molar-refractivity contribution in [1.82, 2.24) is 0 Å². The van der Waals surface area contributed by atoms with Gasteiger partial charge < -0.3 is 9.94 Å². The molecule has 2 saturated carbocycles. The minimum absolute atomic E-state index is 0.0913. The van der Waals surface area contributed by atoms with Crippen molar-refractivity contribution in [2.75, 3.05) is 6.61 Å². The SMILES string of the molecule is CC(C)c1cc2c(cc1/C=N/OCC1CC1)[C@@]1(C)CCCC(C)(C(=O)O)C1CC2. The zero-order valence-electron chi connectivity index (χ0n) is 18.3. The second kappa shape index (κ2) is 7.45. The Labute approximate surface area is 174 Å². The number of aliphatic carboxylic acids is 1. The molecule has 0 amide bonds. The Hall–Kier alpha value is -1.84. The van der Waals surface area contributed by atoms with Crippen molar-refractivity contribution >= 4 is 12.2 Å². The molecule has 4 heteroatoms. The third-order valence-electron chi connectivity index (χ3n) is 7.94. The molecule has 3 aliphatic carbocycles. The van der Waals surface area contributed by atoms with Crippen molar-refractivity contribution in [3.8, 4) is 0 Å². The molecule has 0 bridgehead atoms. The quantitative estimate of drug-likeness (QED) is 0.497. The van der Waals surface area contributed by atoms with Gasteiger partial charge in [-0.3, -0.25) is 4.79 Å². The van der Waals surface area contributed by atoms with E-state index in [4.69, 9.17) is 4.84 Å². The fourth-order valence-electron chi connectivity index (χ4n) is 5.95. The molecule has 0 aliphatic heterocycles. The number of nitrogens with zero attached hydrogens (tertiary/aromatic N) is 1. The molecular weight excluding hydrogens is 362 g/mol. The summed E-state index contributed by atoms with van der Waals surface area (Å²) in [6.45, 7) is 9.43. The van der Waals surface area contributed by atoms with E-state index in [1.54, 1.807) is 0 Å². The Balaban J connectivity index is 1.72. The van der Waals surface area contributed by atoms with Gasteiger partial charge in [0, 0.05) is 0 Å². The molecule has 0 saturated heterocycles. The molecule has 158 valence electrons. The summed E-state index contributed by atoms with van der Waals surface area (Å²) in [7, 11) is 0. The fraction of sp³-hybridized carbons (Fsp3) is 0.680. The first kappa shape index (κ1) is 20.4. The lowest BCUT2D eigenvalue weighted by Crippen LogP contribution is -2.52. The van der Waals surface area contributed by atoms with E-state index in [0.717, 1.165) is 44.3 Å². The smallest absolute Gasteiger partial charge is 0.309 e. The number of carboxylic acids is 1. The highest BCUT2D eigenvalue weighted by atomic mass is 16.6. The second-order valence-corrected chi connectivity index (χ2v) is 10.4. The number of oxime groups is 1. The van der Waals surface area contributed by atoms with E-state index < -0.39 is 11.4 Å². The molecule has 2 fully saturated rings. The van der Waals surface area contributed by atoms with Crippen LogP contribution in [0.15, 0.2) is 17.3 Å². The third kappa shape index (κ3) is 3.60. The molecule has 1 aromatic rings. The van der Waals surface area contributed by atoms with Crippen LogP contribution in [0.4, 0.5) is 0 Å². The number of hydrogen-bond acceptors (Lipinski definition) is 3. The van der Waals surface area contributed by atoms with Crippen molar-refractivity contribution in [3.63, 3.8) is 0 Å². The minimum atomic E-state index is -0.636. The zero-order chi connectivity index (χ0) is 20.8. The molecule has 4 nitrogen and oxygen atoms in total. The lowest BCUT2D eigenvalue weighted by Gasteiger charge is -2.53. The summed E-state index contributed by atoms with van der Waals surface area (Å²) in [6.07, 6.45) is 9.13. The summed E-state index contributed by atoms with van der Waals surface area (Å²) in [5.41, 5.74) is 4.45. The zero-order valence-corrected chi connectivity index (χ0v) is 18.3. The Morgan fingerprint density at radius 3 is 2.69 bits per heavy atom. The summed E-state index contributed by atoms with van der Waals surface area (Å²) in [5.74, 6) is 0.641. The van der Waals surface area contributed by atoms with Gasteiger partial charge in [0.25, 0.3) is 0 Å². The van der Waals surface area contributed by atoms with Gasteiger partial charge in [-0.2, -0.15) is 0 Å². The molecule has 3 atom stereocenters. The average molecular weight is 398 g/mol. The Bertz CT molecular complexity index is 826. The van der Waals surface area contributed by atoms with E-state index in [9.17, 15) is 9.90 Å². The van der Waals surface area contributed by atoms with Crippen molar-refractivity contribution in [1.29, 1.82) is 0 Å². The Kier molecular flexibility index (Phi) is 5.25. The van der Waals surface area contributed by atoms with Gasteiger partial charge in [0.05, 0.1) is 11.6 Å². The van der Waals surface area contributed by atoms with Crippen LogP contribution >= 0.6 is 0 Å². The number of rotatable bonds is 6. The van der Waals surface area contributed by atoms with E-state index in [0.29, 0.717) is 11.8 Å². The topological polar surface area (TPSA) is 58.9 Å². The highest BCUT2D eigenvalue weighted by Gasteiger charge is 2.55. The van der Waals surface area contributed by atoms with Crippen LogP contribution in [0, 0.1) is 17.3 Å². The molecule has 0 radical (unpaired) electrons. The van der Waals surface area contributed by atoms with Gasteiger partial charge >= 0.3 is 5.97 Å². The Morgan fingerprint density at radius 2 is 2.03 bits per heavy atom. The maximum atomic E-state index is 12.2. The van der Waals surface area contributed by atoms with Crippen molar-refractivity contribution in [2.45, 2.75) is 84.0 Å². The summed E-state index contributed by atoms with van der Waals surface area (Å²) in [5, 5.41) is 14.3. The fourth-order valence-corrected chi connectivity index (χ4v) is 5.95. The second-order valence-electron chi connectivity index (χ2n) is 10.4. The van der Waals surface area contributed by atoms with E-state index in [-0.39, 0.29) is 11.3 Å². The monoisotopic (exact) mass is 397 g/mol. The lowest BCUT2D eigenvalue weighted by molar-refractivity contribution is -0.157. The predicted molar refractivity (Wildman–Crippen MR) is 116 cm³/mol. The van der Waals surface area contributed by atoms with Crippen LogP contribution in [0.5, 0.6) is 0 Å². The highest BCUT2D eigenvalue weighted by molar-refractivity contribution is 5.83. The predicted octanol–water partition coefficient (Wildman–Crippen LogP) is 5.67. The van der Waals surface area contributed by atoms with Gasteiger partial charge in [-0.05, 0) is 96.9 Å². The van der Waals surface area contributed by atoms with Gasteiger partial charge in [-0.15, -0.1) is 0 Å². The maximum Gasteiger partial charge on any atom is 0.309 e. The first-order valence-electron chi connectivity index (χ1n) is 11.3. The van der Waals surface area contributed by atoms with E-state index in [2.05, 4.69) is 38.1 Å². The van der Waals surface area contributed by atoms with Gasteiger partial charge in [-0.25, -0.2) is 0 Å². The minimum Gasteiger partial charge on any atom is -0.481 e. The molecule has 1 aromatic carbocycles. The Morgan fingerprint density at radius 1 is 1.28 bits per heavy atom. The molecule has 0 aromatic heterocycles. The van der Waals surface area contributed by atoms with Crippen molar-refractivity contribution in [3.05, 3.63) is 34.4 Å². The summed E-state index contributed by atoms with van der Waals surface area (Å²) < 4.78 is 0. The van der Waals surface area contributed by atoms with Crippen LogP contribution in [-0.4, -0.2) is 23.9 Å². The van der Waals surface area contributed by atoms with Crippen LogP contribution in [0.25, 0.3) is 0 Å². The summed E-state index contributed by atoms with van der Waals surface area (Å²) >= 11 is 0. The van der Waals surface area contributed by atoms with Gasteiger partial charge in [-0.1, -0.05) is 38.4 Å². The van der Waals surface area contributed by atoms with Crippen molar-refractivity contribution < 1.29 is 14.7 Å². The molecule has 0 spiro atoms. The first-order valence-corrected chi connectivity index (χ1v) is 11.3. The van der Waals surface area contributed by atoms with E-state index in [1.807, 2.05) is 13.1 Å². The number of hydrogen-bond donors (Lipinski definition) is 1. The molecule has 2 unspecified atom stereocenters. The van der Waals surface area contributed by atoms with Crippen LogP contribution < -0.4 is 0 Å². The highest BCUT2D eigenvalue weighted by Crippen LogP contribution is 2.57. The molecule has 3 aliphatic rings. The van der Waals surface area contributed by atoms with Crippen LogP contribution in [-0.2, 0) is 21.5 Å². The summed E-state index contributed by atoms with van der Waals surface area (Å²) in [6, 6.07) is 4.66. The largest absolute Gasteiger partial charge is 0.481 e. The van der Waals surface area contributed by atoms with Gasteiger partial charge in [0.15, 0.2) is 0 Å². The lowest BCUT2D eigenvalue weighted by atomic mass is 9.49. The van der Waals surface area contributed by atoms with Crippen LogP contribution in [0.2, 0.25) is 0 Å². The molecule has 0 heterocycles. The molecule has 1 N–H and O–H groups in total. The normalized spacial score (nSPS) is 31.6. The van der Waals surface area contributed by atoms with Crippen molar-refractivity contribution in [2.24, 2.45) is 22.4 Å².